The largest absolute Gasteiger partial charge is 0.494 e. The minimum absolute atomic E-state index is 0.277. The number of thioether (sulfide) groups is 1. The van der Waals surface area contributed by atoms with E-state index in [1.54, 1.807) is 11.8 Å². The lowest BCUT2D eigenvalue weighted by Crippen LogP contribution is -2.41. The predicted molar refractivity (Wildman–Crippen MR) is 80.0 cm³/mol. The molecular weight excluding hydrogens is 260 g/mol. The van der Waals surface area contributed by atoms with E-state index in [1.165, 1.54) is 0 Å². The first-order valence-corrected chi connectivity index (χ1v) is 7.63. The van der Waals surface area contributed by atoms with Gasteiger partial charge < -0.3 is 20.1 Å². The zero-order valence-corrected chi connectivity index (χ0v) is 12.4. The molecule has 1 aromatic rings. The molecule has 4 nitrogen and oxygen atoms in total. The van der Waals surface area contributed by atoms with Crippen LogP contribution in [0.25, 0.3) is 0 Å². The highest BCUT2D eigenvalue weighted by molar-refractivity contribution is 7.99. The molecule has 5 heteroatoms. The van der Waals surface area contributed by atoms with Crippen LogP contribution in [0.5, 0.6) is 5.75 Å². The molecule has 1 unspecified atom stereocenters. The molecule has 0 aliphatic carbocycles. The van der Waals surface area contributed by atoms with Gasteiger partial charge in [0.05, 0.1) is 19.3 Å². The maximum atomic E-state index is 6.00. The third kappa shape index (κ3) is 4.30. The van der Waals surface area contributed by atoms with Gasteiger partial charge in [-0.15, -0.1) is 11.8 Å². The van der Waals surface area contributed by atoms with Gasteiger partial charge in [-0.25, -0.2) is 0 Å². The zero-order valence-electron chi connectivity index (χ0n) is 11.6. The highest BCUT2D eigenvalue weighted by Gasteiger charge is 2.18. The first kappa shape index (κ1) is 14.5. The van der Waals surface area contributed by atoms with Crippen molar-refractivity contribution in [2.75, 3.05) is 44.8 Å². The Hall–Kier alpha value is -0.910. The average molecular weight is 282 g/mol. The number of nitrogen functional groups attached to an aromatic ring is 1. The SMILES string of the molecule is CCOc1ccc(N)c(SCC2CN(C)CCO2)c1. The summed E-state index contributed by atoms with van der Waals surface area (Å²) < 4.78 is 11.3. The lowest BCUT2D eigenvalue weighted by atomic mass is 10.3. The lowest BCUT2D eigenvalue weighted by molar-refractivity contribution is -0.00598. The van der Waals surface area contributed by atoms with E-state index in [-0.39, 0.29) is 6.10 Å². The van der Waals surface area contributed by atoms with Gasteiger partial charge in [0.2, 0.25) is 0 Å². The van der Waals surface area contributed by atoms with Crippen molar-refractivity contribution in [1.82, 2.24) is 4.90 Å². The number of ether oxygens (including phenoxy) is 2. The fourth-order valence-electron chi connectivity index (χ4n) is 2.05. The van der Waals surface area contributed by atoms with E-state index < -0.39 is 0 Å². The van der Waals surface area contributed by atoms with Gasteiger partial charge in [-0.05, 0) is 32.2 Å². The van der Waals surface area contributed by atoms with Crippen LogP contribution in [0.15, 0.2) is 23.1 Å². The topological polar surface area (TPSA) is 47.7 Å². The van der Waals surface area contributed by atoms with Crippen molar-refractivity contribution in [3.63, 3.8) is 0 Å². The summed E-state index contributed by atoms with van der Waals surface area (Å²) in [4.78, 5) is 3.37. The maximum absolute atomic E-state index is 6.00. The molecule has 1 aromatic carbocycles. The molecule has 0 radical (unpaired) electrons. The molecule has 1 heterocycles. The van der Waals surface area contributed by atoms with Gasteiger partial charge in [-0.2, -0.15) is 0 Å². The highest BCUT2D eigenvalue weighted by atomic mass is 32.2. The van der Waals surface area contributed by atoms with Crippen LogP contribution in [0.1, 0.15) is 6.92 Å². The third-order valence-corrected chi connectivity index (χ3v) is 4.27. The second kappa shape index (κ2) is 7.03. The number of likely N-dealkylation sites (N-methyl/N-ethyl adjacent to an activating group) is 1. The summed E-state index contributed by atoms with van der Waals surface area (Å²) in [7, 11) is 2.13. The quantitative estimate of drug-likeness (QED) is 0.662. The van der Waals surface area contributed by atoms with Crippen LogP contribution in [0, 0.1) is 0 Å². The molecule has 1 aliphatic heterocycles. The molecule has 1 fully saturated rings. The Labute approximate surface area is 119 Å². The summed E-state index contributed by atoms with van der Waals surface area (Å²) in [6.07, 6.45) is 0.277. The normalized spacial score (nSPS) is 20.4. The molecule has 2 N–H and O–H groups in total. The summed E-state index contributed by atoms with van der Waals surface area (Å²) >= 11 is 1.74. The molecule has 1 aliphatic rings. The molecule has 2 rings (SSSR count). The van der Waals surface area contributed by atoms with Crippen LogP contribution in [0.4, 0.5) is 5.69 Å². The molecule has 0 spiro atoms. The summed E-state index contributed by atoms with van der Waals surface area (Å²) in [5.74, 6) is 1.80. The monoisotopic (exact) mass is 282 g/mol. The Morgan fingerprint density at radius 3 is 3.11 bits per heavy atom. The Bertz CT molecular complexity index is 414. The number of hydrogen-bond acceptors (Lipinski definition) is 5. The molecule has 0 bridgehead atoms. The van der Waals surface area contributed by atoms with Gasteiger partial charge in [0.1, 0.15) is 5.75 Å². The van der Waals surface area contributed by atoms with Crippen LogP contribution in [-0.4, -0.2) is 50.1 Å². The van der Waals surface area contributed by atoms with Crippen molar-refractivity contribution in [2.45, 2.75) is 17.9 Å². The number of morpholine rings is 1. The summed E-state index contributed by atoms with van der Waals surface area (Å²) in [6.45, 7) is 5.47. The van der Waals surface area contributed by atoms with E-state index in [9.17, 15) is 0 Å². The second-order valence-electron chi connectivity index (χ2n) is 4.70. The van der Waals surface area contributed by atoms with Crippen LogP contribution in [-0.2, 0) is 4.74 Å². The smallest absolute Gasteiger partial charge is 0.120 e. The first-order chi connectivity index (χ1) is 9.19. The van der Waals surface area contributed by atoms with Gasteiger partial charge in [0.15, 0.2) is 0 Å². The molecule has 1 saturated heterocycles. The number of hydrogen-bond donors (Lipinski definition) is 1. The van der Waals surface area contributed by atoms with Crippen molar-refractivity contribution in [1.29, 1.82) is 0 Å². The maximum Gasteiger partial charge on any atom is 0.120 e. The van der Waals surface area contributed by atoms with Gasteiger partial charge in [-0.3, -0.25) is 0 Å². The van der Waals surface area contributed by atoms with E-state index in [0.717, 1.165) is 41.8 Å². The number of rotatable bonds is 5. The minimum atomic E-state index is 0.277. The van der Waals surface area contributed by atoms with Crippen LogP contribution in [0.2, 0.25) is 0 Å². The van der Waals surface area contributed by atoms with Crippen molar-refractivity contribution in [2.24, 2.45) is 0 Å². The minimum Gasteiger partial charge on any atom is -0.494 e. The number of nitrogens with two attached hydrogens (primary N) is 1. The van der Waals surface area contributed by atoms with Gasteiger partial charge in [0, 0.05) is 29.4 Å². The van der Waals surface area contributed by atoms with Gasteiger partial charge in [0.25, 0.3) is 0 Å². The molecule has 0 aromatic heterocycles. The molecule has 0 saturated carbocycles. The molecule has 106 valence electrons. The predicted octanol–water partition coefficient (Wildman–Crippen LogP) is 2.09. The van der Waals surface area contributed by atoms with E-state index >= 15 is 0 Å². The fourth-order valence-corrected chi connectivity index (χ4v) is 3.05. The van der Waals surface area contributed by atoms with Crippen molar-refractivity contribution >= 4 is 17.4 Å². The Kier molecular flexibility index (Phi) is 5.36. The first-order valence-electron chi connectivity index (χ1n) is 6.64. The summed E-state index contributed by atoms with van der Waals surface area (Å²) in [5, 5.41) is 0. The average Bonchev–Trinajstić information content (AvgIpc) is 2.40. The standard InChI is InChI=1S/C14H22N2O2S/c1-3-17-11-4-5-13(15)14(8-11)19-10-12-9-16(2)6-7-18-12/h4-5,8,12H,3,6-7,9-10,15H2,1-2H3. The van der Waals surface area contributed by atoms with Crippen LogP contribution < -0.4 is 10.5 Å². The molecule has 19 heavy (non-hydrogen) atoms. The zero-order chi connectivity index (χ0) is 13.7. The summed E-state index contributed by atoms with van der Waals surface area (Å²) in [5.41, 5.74) is 6.80. The molecular formula is C14H22N2O2S. The Balaban J connectivity index is 1.92. The van der Waals surface area contributed by atoms with Crippen LogP contribution >= 0.6 is 11.8 Å². The molecule has 1 atom stereocenters. The van der Waals surface area contributed by atoms with Gasteiger partial charge >= 0.3 is 0 Å². The lowest BCUT2D eigenvalue weighted by Gasteiger charge is -2.29. The number of anilines is 1. The van der Waals surface area contributed by atoms with E-state index in [1.807, 2.05) is 25.1 Å². The third-order valence-electron chi connectivity index (χ3n) is 3.06. The Morgan fingerprint density at radius 1 is 1.53 bits per heavy atom. The van der Waals surface area contributed by atoms with E-state index in [0.29, 0.717) is 6.61 Å². The molecule has 0 amide bonds. The fraction of sp³-hybridized carbons (Fsp3) is 0.571. The number of nitrogens with zero attached hydrogens (tertiary/aromatic N) is 1. The van der Waals surface area contributed by atoms with Crippen molar-refractivity contribution in [3.05, 3.63) is 18.2 Å². The van der Waals surface area contributed by atoms with Crippen LogP contribution in [0.3, 0.4) is 0 Å². The Morgan fingerprint density at radius 2 is 2.37 bits per heavy atom. The van der Waals surface area contributed by atoms with Crippen molar-refractivity contribution in [3.8, 4) is 5.75 Å². The van der Waals surface area contributed by atoms with Crippen molar-refractivity contribution < 1.29 is 9.47 Å². The number of benzene rings is 1. The second-order valence-corrected chi connectivity index (χ2v) is 5.76. The highest BCUT2D eigenvalue weighted by Crippen LogP contribution is 2.30. The van der Waals surface area contributed by atoms with E-state index in [4.69, 9.17) is 15.2 Å². The van der Waals surface area contributed by atoms with Gasteiger partial charge in [-0.1, -0.05) is 0 Å². The van der Waals surface area contributed by atoms with E-state index in [2.05, 4.69) is 11.9 Å². The summed E-state index contributed by atoms with van der Waals surface area (Å²) in [6, 6.07) is 5.82.